The second-order valence-corrected chi connectivity index (χ2v) is 11.0. The number of para-hydroxylation sites is 1. The maximum Gasteiger partial charge on any atom is 0.295 e. The molecule has 0 unspecified atom stereocenters. The van der Waals surface area contributed by atoms with Gasteiger partial charge in [-0.15, -0.1) is 0 Å². The molecule has 0 saturated carbocycles. The average molecular weight is 575 g/mol. The van der Waals surface area contributed by atoms with Crippen molar-refractivity contribution in [1.29, 1.82) is 5.26 Å². The molecule has 0 aliphatic heterocycles. The number of anilines is 1. The molecule has 10 heteroatoms. The zero-order valence-electron chi connectivity index (χ0n) is 24.5. The van der Waals surface area contributed by atoms with Crippen LogP contribution in [0.2, 0.25) is 0 Å². The van der Waals surface area contributed by atoms with E-state index in [1.54, 1.807) is 73.3 Å². The number of fused-ring (bicyclic) bond motifs is 1. The molecule has 0 radical (unpaired) electrons. The summed E-state index contributed by atoms with van der Waals surface area (Å²) in [4.78, 5) is 44.7. The second-order valence-electron chi connectivity index (χ2n) is 11.0. The van der Waals surface area contributed by atoms with Crippen LogP contribution in [0.5, 0.6) is 11.6 Å². The van der Waals surface area contributed by atoms with Gasteiger partial charge in [-0.05, 0) is 60.4 Å². The summed E-state index contributed by atoms with van der Waals surface area (Å²) in [7, 11) is 1.69. The van der Waals surface area contributed by atoms with Crippen molar-refractivity contribution in [2.24, 2.45) is 7.05 Å². The van der Waals surface area contributed by atoms with Crippen LogP contribution in [0.4, 0.5) is 5.69 Å². The summed E-state index contributed by atoms with van der Waals surface area (Å²) in [5.41, 5.74) is 0.967. The minimum atomic E-state index is -0.855. The Hall–Kier alpha value is -5.69. The van der Waals surface area contributed by atoms with E-state index in [1.807, 2.05) is 24.3 Å². The zero-order valence-corrected chi connectivity index (χ0v) is 24.5. The minimum Gasteiger partial charge on any atom is -0.438 e. The number of carbonyl (C=O) groups excluding carboxylic acids is 1. The molecule has 0 aliphatic carbocycles. The first kappa shape index (κ1) is 28.8. The molecule has 1 N–H and O–H groups in total. The molecule has 0 saturated heterocycles. The number of nitriles is 1. The van der Waals surface area contributed by atoms with Gasteiger partial charge < -0.3 is 10.1 Å². The van der Waals surface area contributed by atoms with Crippen molar-refractivity contribution < 1.29 is 9.53 Å². The Kier molecular flexibility index (Phi) is 7.57. The number of ether oxygens (including phenoxy) is 1. The molecule has 0 fully saturated rings. The molecule has 3 aromatic heterocycles. The van der Waals surface area contributed by atoms with Crippen LogP contribution < -0.4 is 21.2 Å². The molecule has 0 atom stereocenters. The number of nitrogens with zero attached hydrogens (tertiary/aromatic N) is 5. The summed E-state index contributed by atoms with van der Waals surface area (Å²) in [6.07, 6.45) is 2.67. The summed E-state index contributed by atoms with van der Waals surface area (Å²) >= 11 is 0. The highest BCUT2D eigenvalue weighted by atomic mass is 16.5. The second kappa shape index (κ2) is 11.3. The van der Waals surface area contributed by atoms with E-state index in [0.717, 1.165) is 11.6 Å². The molecule has 5 aromatic rings. The maximum atomic E-state index is 13.6. The lowest BCUT2D eigenvalue weighted by atomic mass is 9.87. The molecule has 0 spiro atoms. The van der Waals surface area contributed by atoms with Crippen LogP contribution in [-0.2, 0) is 17.3 Å². The fourth-order valence-electron chi connectivity index (χ4n) is 4.60. The van der Waals surface area contributed by atoms with Gasteiger partial charge in [0.05, 0.1) is 11.4 Å². The van der Waals surface area contributed by atoms with Crippen molar-refractivity contribution in [3.8, 4) is 23.4 Å². The third-order valence-electron chi connectivity index (χ3n) is 7.12. The van der Waals surface area contributed by atoms with E-state index in [4.69, 9.17) is 4.74 Å². The Morgan fingerprint density at radius 1 is 0.977 bits per heavy atom. The summed E-state index contributed by atoms with van der Waals surface area (Å²) < 4.78 is 10.4. The smallest absolute Gasteiger partial charge is 0.295 e. The number of hydrogen-bond acceptors (Lipinski definition) is 6. The van der Waals surface area contributed by atoms with Gasteiger partial charge in [-0.2, -0.15) is 10.2 Å². The number of hydrogen-bond donors (Lipinski definition) is 1. The molecule has 5 rings (SSSR count). The highest BCUT2D eigenvalue weighted by molar-refractivity contribution is 6.10. The van der Waals surface area contributed by atoms with E-state index >= 15 is 0 Å². The van der Waals surface area contributed by atoms with Gasteiger partial charge in [0, 0.05) is 13.2 Å². The standard InChI is InChI=1S/C33H30N6O4/c1-21-28(32(42)39(37(21)5)24-11-7-6-8-12-24)36-29(40)22(20-34)19-26-30(35-27-13-9-10-18-38(27)31(26)41)43-25-16-14-23(15-17-25)33(2,3)4/h6-19H,1-5H3,(H,36,40). The third kappa shape index (κ3) is 5.61. The van der Waals surface area contributed by atoms with Crippen molar-refractivity contribution in [2.45, 2.75) is 33.1 Å². The topological polar surface area (TPSA) is 123 Å². The van der Waals surface area contributed by atoms with Crippen molar-refractivity contribution in [2.75, 3.05) is 5.32 Å². The Bertz CT molecular complexity index is 2040. The van der Waals surface area contributed by atoms with E-state index in [0.29, 0.717) is 22.8 Å². The number of carbonyl (C=O) groups is 1. The zero-order chi connectivity index (χ0) is 30.9. The fraction of sp³-hybridized carbons (Fsp3) is 0.182. The number of rotatable bonds is 6. The Balaban J connectivity index is 1.55. The van der Waals surface area contributed by atoms with E-state index in [-0.39, 0.29) is 22.5 Å². The molecule has 10 nitrogen and oxygen atoms in total. The first-order valence-corrected chi connectivity index (χ1v) is 13.6. The highest BCUT2D eigenvalue weighted by Gasteiger charge is 2.22. The Morgan fingerprint density at radius 2 is 1.65 bits per heavy atom. The monoisotopic (exact) mass is 574 g/mol. The normalized spacial score (nSPS) is 11.8. The summed E-state index contributed by atoms with van der Waals surface area (Å²) in [6, 6.07) is 23.3. The average Bonchev–Trinajstić information content (AvgIpc) is 3.20. The van der Waals surface area contributed by atoms with Gasteiger partial charge in [-0.3, -0.25) is 23.5 Å². The number of aromatic nitrogens is 4. The van der Waals surface area contributed by atoms with Gasteiger partial charge in [0.15, 0.2) is 0 Å². The van der Waals surface area contributed by atoms with E-state index in [2.05, 4.69) is 31.1 Å². The van der Waals surface area contributed by atoms with Gasteiger partial charge >= 0.3 is 0 Å². The number of benzene rings is 2. The molecule has 2 aromatic carbocycles. The predicted octanol–water partition coefficient (Wildman–Crippen LogP) is 5.13. The van der Waals surface area contributed by atoms with Gasteiger partial charge in [-0.25, -0.2) is 4.68 Å². The van der Waals surface area contributed by atoms with Crippen molar-refractivity contribution in [1.82, 2.24) is 18.7 Å². The summed E-state index contributed by atoms with van der Waals surface area (Å²) in [5, 5.41) is 12.5. The molecular weight excluding hydrogens is 544 g/mol. The highest BCUT2D eigenvalue weighted by Crippen LogP contribution is 2.28. The lowest BCUT2D eigenvalue weighted by Gasteiger charge is -2.19. The maximum absolute atomic E-state index is 13.6. The van der Waals surface area contributed by atoms with Crippen molar-refractivity contribution >= 4 is 23.3 Å². The van der Waals surface area contributed by atoms with Crippen LogP contribution in [0.15, 0.2) is 94.2 Å². The predicted molar refractivity (Wildman–Crippen MR) is 165 cm³/mol. The first-order chi connectivity index (χ1) is 20.5. The fourth-order valence-corrected chi connectivity index (χ4v) is 4.60. The molecule has 3 heterocycles. The van der Waals surface area contributed by atoms with Gasteiger partial charge in [-0.1, -0.05) is 57.2 Å². The minimum absolute atomic E-state index is 0.0151. The van der Waals surface area contributed by atoms with Crippen LogP contribution in [0.3, 0.4) is 0 Å². The number of nitrogens with one attached hydrogen (secondary N) is 1. The quantitative estimate of drug-likeness (QED) is 0.222. The van der Waals surface area contributed by atoms with Crippen LogP contribution in [0, 0.1) is 18.3 Å². The van der Waals surface area contributed by atoms with Crippen LogP contribution in [0.1, 0.15) is 37.6 Å². The lowest BCUT2D eigenvalue weighted by molar-refractivity contribution is -0.112. The molecule has 1 amide bonds. The molecule has 216 valence electrons. The van der Waals surface area contributed by atoms with Gasteiger partial charge in [0.1, 0.15) is 34.3 Å². The molecular formula is C33H30N6O4. The van der Waals surface area contributed by atoms with Crippen LogP contribution in [-0.4, -0.2) is 24.7 Å². The number of amides is 1. The largest absolute Gasteiger partial charge is 0.438 e. The first-order valence-electron chi connectivity index (χ1n) is 13.6. The lowest BCUT2D eigenvalue weighted by Crippen LogP contribution is -2.24. The SMILES string of the molecule is Cc1c(NC(=O)C(C#N)=Cc2c(Oc3ccc(C(C)(C)C)cc3)nc3ccccn3c2=O)c(=O)n(-c2ccccc2)n1C. The van der Waals surface area contributed by atoms with Crippen molar-refractivity contribution in [3.63, 3.8) is 0 Å². The Morgan fingerprint density at radius 3 is 2.30 bits per heavy atom. The van der Waals surface area contributed by atoms with Crippen molar-refractivity contribution in [3.05, 3.63) is 122 Å². The van der Waals surface area contributed by atoms with Crippen LogP contribution in [0.25, 0.3) is 17.4 Å². The van der Waals surface area contributed by atoms with Gasteiger partial charge in [0.25, 0.3) is 17.0 Å². The number of pyridine rings is 1. The van der Waals surface area contributed by atoms with Gasteiger partial charge in [0.2, 0.25) is 5.88 Å². The Labute approximate surface area is 247 Å². The van der Waals surface area contributed by atoms with E-state index in [9.17, 15) is 19.6 Å². The summed E-state index contributed by atoms with van der Waals surface area (Å²) in [5.74, 6) is -0.492. The van der Waals surface area contributed by atoms with E-state index < -0.39 is 22.6 Å². The van der Waals surface area contributed by atoms with Crippen LogP contribution >= 0.6 is 0 Å². The third-order valence-corrected chi connectivity index (χ3v) is 7.12. The molecule has 0 bridgehead atoms. The van der Waals surface area contributed by atoms with E-state index in [1.165, 1.54) is 15.3 Å². The summed E-state index contributed by atoms with van der Waals surface area (Å²) in [6.45, 7) is 7.97. The molecule has 0 aliphatic rings. The molecule has 43 heavy (non-hydrogen) atoms.